The predicted octanol–water partition coefficient (Wildman–Crippen LogP) is 1.99. The normalized spacial score (nSPS) is 11.7. The number of carbonyl (C=O) groups is 2. The number of furan rings is 1. The number of imide groups is 1. The number of tetrazole rings is 1. The third kappa shape index (κ3) is 4.94. The van der Waals surface area contributed by atoms with Crippen molar-refractivity contribution in [2.45, 2.75) is 23.9 Å². The molecule has 140 valence electrons. The number of hydrogen-bond donors (Lipinski definition) is 2. The van der Waals surface area contributed by atoms with Crippen LogP contribution in [0.1, 0.15) is 23.5 Å². The van der Waals surface area contributed by atoms with Crippen LogP contribution in [0.15, 0.2) is 58.3 Å². The van der Waals surface area contributed by atoms with Gasteiger partial charge in [0.15, 0.2) is 0 Å². The average molecular weight is 386 g/mol. The molecule has 2 N–H and O–H groups in total. The summed E-state index contributed by atoms with van der Waals surface area (Å²) in [7, 11) is 0. The van der Waals surface area contributed by atoms with Gasteiger partial charge in [-0.15, -0.1) is 5.10 Å². The summed E-state index contributed by atoms with van der Waals surface area (Å²) in [4.78, 5) is 24.5. The molecule has 0 aliphatic rings. The van der Waals surface area contributed by atoms with Gasteiger partial charge < -0.3 is 9.73 Å². The maximum Gasteiger partial charge on any atom is 0.321 e. The van der Waals surface area contributed by atoms with E-state index in [1.807, 2.05) is 36.4 Å². The zero-order valence-corrected chi connectivity index (χ0v) is 15.3. The van der Waals surface area contributed by atoms with E-state index in [4.69, 9.17) is 4.42 Å². The molecule has 0 fully saturated rings. The van der Waals surface area contributed by atoms with Crippen molar-refractivity contribution < 1.29 is 14.0 Å². The Balaban J connectivity index is 1.81. The van der Waals surface area contributed by atoms with E-state index in [0.29, 0.717) is 24.0 Å². The van der Waals surface area contributed by atoms with Crippen molar-refractivity contribution in [1.82, 2.24) is 30.8 Å². The van der Waals surface area contributed by atoms with Crippen molar-refractivity contribution in [3.8, 4) is 0 Å². The topological polar surface area (TPSA) is 115 Å². The van der Waals surface area contributed by atoms with E-state index in [-0.39, 0.29) is 0 Å². The molecule has 0 bridgehead atoms. The highest BCUT2D eigenvalue weighted by atomic mass is 32.2. The van der Waals surface area contributed by atoms with Crippen LogP contribution in [0.5, 0.6) is 0 Å². The van der Waals surface area contributed by atoms with Crippen LogP contribution in [-0.4, -0.2) is 38.7 Å². The minimum atomic E-state index is -0.699. The number of urea groups is 1. The number of nitrogens with zero attached hydrogens (tertiary/aromatic N) is 4. The second-order valence-electron chi connectivity index (χ2n) is 5.46. The standard InChI is InChI=1S/C17H18N6O3S/c1-2-18-16(25)19-15(24)14(12-7-4-3-5-8-12)27-17-20-21-22-23(17)11-13-9-6-10-26-13/h3-10,14H,2,11H2,1H3,(H2,18,19,24,25)/t14-/m0/s1. The summed E-state index contributed by atoms with van der Waals surface area (Å²) in [6.07, 6.45) is 1.57. The first-order valence-corrected chi connectivity index (χ1v) is 9.14. The van der Waals surface area contributed by atoms with Gasteiger partial charge in [0.2, 0.25) is 11.1 Å². The minimum absolute atomic E-state index is 0.335. The van der Waals surface area contributed by atoms with Crippen LogP contribution >= 0.6 is 11.8 Å². The van der Waals surface area contributed by atoms with E-state index in [2.05, 4.69) is 26.2 Å². The zero-order chi connectivity index (χ0) is 19.1. The molecule has 10 heteroatoms. The van der Waals surface area contributed by atoms with E-state index in [9.17, 15) is 9.59 Å². The number of amides is 3. The van der Waals surface area contributed by atoms with Gasteiger partial charge in [0.25, 0.3) is 0 Å². The molecule has 3 rings (SSSR count). The summed E-state index contributed by atoms with van der Waals surface area (Å²) in [5, 5.41) is 16.3. The molecule has 0 unspecified atom stereocenters. The van der Waals surface area contributed by atoms with Crippen LogP contribution in [0.4, 0.5) is 4.79 Å². The van der Waals surface area contributed by atoms with Gasteiger partial charge in [-0.1, -0.05) is 42.1 Å². The highest BCUT2D eigenvalue weighted by Crippen LogP contribution is 2.34. The molecule has 0 spiro atoms. The predicted molar refractivity (Wildman–Crippen MR) is 97.9 cm³/mol. The maximum atomic E-state index is 12.7. The van der Waals surface area contributed by atoms with Gasteiger partial charge >= 0.3 is 6.03 Å². The number of thioether (sulfide) groups is 1. The Morgan fingerprint density at radius 2 is 2.04 bits per heavy atom. The molecule has 0 saturated heterocycles. The second kappa shape index (κ2) is 8.99. The van der Waals surface area contributed by atoms with E-state index in [1.165, 1.54) is 0 Å². The Bertz CT molecular complexity index is 881. The van der Waals surface area contributed by atoms with E-state index in [1.54, 1.807) is 23.9 Å². The highest BCUT2D eigenvalue weighted by molar-refractivity contribution is 8.00. The van der Waals surface area contributed by atoms with Crippen molar-refractivity contribution in [2.75, 3.05) is 6.54 Å². The monoisotopic (exact) mass is 386 g/mol. The molecule has 3 amide bonds. The summed E-state index contributed by atoms with van der Waals surface area (Å²) in [5.74, 6) is 0.233. The first kappa shape index (κ1) is 18.6. The number of hydrogen-bond acceptors (Lipinski definition) is 7. The molecule has 0 saturated carbocycles. The van der Waals surface area contributed by atoms with Crippen molar-refractivity contribution in [3.63, 3.8) is 0 Å². The SMILES string of the molecule is CCNC(=O)NC(=O)[C@@H](Sc1nnnn1Cc1ccco1)c1ccccc1. The first-order valence-electron chi connectivity index (χ1n) is 8.26. The van der Waals surface area contributed by atoms with Crippen LogP contribution in [0.2, 0.25) is 0 Å². The van der Waals surface area contributed by atoms with Gasteiger partial charge in [0, 0.05) is 6.54 Å². The summed E-state index contributed by atoms with van der Waals surface area (Å²) < 4.78 is 6.86. The zero-order valence-electron chi connectivity index (χ0n) is 14.5. The van der Waals surface area contributed by atoms with Gasteiger partial charge in [-0.3, -0.25) is 10.1 Å². The number of aromatic nitrogens is 4. The van der Waals surface area contributed by atoms with Crippen molar-refractivity contribution >= 4 is 23.7 Å². The fraction of sp³-hybridized carbons (Fsp3) is 0.235. The smallest absolute Gasteiger partial charge is 0.321 e. The quantitative estimate of drug-likeness (QED) is 0.597. The van der Waals surface area contributed by atoms with Gasteiger partial charge in [0.1, 0.15) is 17.6 Å². The Morgan fingerprint density at radius 1 is 1.22 bits per heavy atom. The van der Waals surface area contributed by atoms with E-state index < -0.39 is 17.2 Å². The summed E-state index contributed by atoms with van der Waals surface area (Å²) in [6.45, 7) is 2.53. The molecule has 0 aliphatic heterocycles. The lowest BCUT2D eigenvalue weighted by atomic mass is 10.1. The molecule has 0 radical (unpaired) electrons. The molecule has 27 heavy (non-hydrogen) atoms. The highest BCUT2D eigenvalue weighted by Gasteiger charge is 2.26. The fourth-order valence-corrected chi connectivity index (χ4v) is 3.30. The van der Waals surface area contributed by atoms with Crippen molar-refractivity contribution in [2.24, 2.45) is 0 Å². The van der Waals surface area contributed by atoms with E-state index >= 15 is 0 Å². The number of benzene rings is 1. The summed E-state index contributed by atoms with van der Waals surface area (Å²) >= 11 is 1.16. The van der Waals surface area contributed by atoms with Gasteiger partial charge in [-0.25, -0.2) is 9.48 Å². The maximum absolute atomic E-state index is 12.7. The van der Waals surface area contributed by atoms with Gasteiger partial charge in [0.05, 0.1) is 6.26 Å². The van der Waals surface area contributed by atoms with Crippen LogP contribution in [-0.2, 0) is 11.3 Å². The van der Waals surface area contributed by atoms with Crippen LogP contribution in [0, 0.1) is 0 Å². The molecule has 1 aromatic carbocycles. The molecular weight excluding hydrogens is 368 g/mol. The molecule has 0 aliphatic carbocycles. The summed E-state index contributed by atoms with van der Waals surface area (Å²) in [5.41, 5.74) is 0.733. The van der Waals surface area contributed by atoms with Crippen molar-refractivity contribution in [3.05, 3.63) is 60.1 Å². The Labute approximate surface area is 159 Å². The van der Waals surface area contributed by atoms with Crippen molar-refractivity contribution in [1.29, 1.82) is 0 Å². The lowest BCUT2D eigenvalue weighted by Gasteiger charge is -2.16. The van der Waals surface area contributed by atoms with Crippen LogP contribution < -0.4 is 10.6 Å². The third-order valence-corrected chi connectivity index (χ3v) is 4.75. The third-order valence-electron chi connectivity index (χ3n) is 3.52. The number of carbonyl (C=O) groups excluding carboxylic acids is 2. The Kier molecular flexibility index (Phi) is 6.21. The Morgan fingerprint density at radius 3 is 2.74 bits per heavy atom. The number of rotatable bonds is 7. The van der Waals surface area contributed by atoms with Crippen LogP contribution in [0.3, 0.4) is 0 Å². The Hall–Kier alpha value is -3.14. The van der Waals surface area contributed by atoms with E-state index in [0.717, 1.165) is 17.3 Å². The first-order chi connectivity index (χ1) is 13.2. The van der Waals surface area contributed by atoms with Crippen LogP contribution in [0.25, 0.3) is 0 Å². The summed E-state index contributed by atoms with van der Waals surface area (Å²) in [6, 6.07) is 12.2. The lowest BCUT2D eigenvalue weighted by Crippen LogP contribution is -2.41. The fourth-order valence-electron chi connectivity index (χ4n) is 2.32. The molecule has 1 atom stereocenters. The minimum Gasteiger partial charge on any atom is -0.467 e. The van der Waals surface area contributed by atoms with Gasteiger partial charge in [-0.2, -0.15) is 0 Å². The molecule has 2 aromatic heterocycles. The molecule has 9 nitrogen and oxygen atoms in total. The lowest BCUT2D eigenvalue weighted by molar-refractivity contribution is -0.119. The average Bonchev–Trinajstić information content (AvgIpc) is 3.33. The second-order valence-corrected chi connectivity index (χ2v) is 6.53. The largest absolute Gasteiger partial charge is 0.467 e. The molecule has 3 aromatic rings. The van der Waals surface area contributed by atoms with Gasteiger partial charge in [-0.05, 0) is 35.0 Å². The molecule has 2 heterocycles. The molecular formula is C17H18N6O3S. The number of nitrogens with one attached hydrogen (secondary N) is 2.